The van der Waals surface area contributed by atoms with Crippen LogP contribution in [0.15, 0.2) is 48.9 Å². The van der Waals surface area contributed by atoms with E-state index in [1.54, 1.807) is 6.20 Å². The number of nitrogens with zero attached hydrogens (tertiary/aromatic N) is 4. The van der Waals surface area contributed by atoms with Gasteiger partial charge in [0.1, 0.15) is 5.82 Å². The molecule has 2 fully saturated rings. The number of pyridine rings is 2. The van der Waals surface area contributed by atoms with Crippen LogP contribution >= 0.6 is 0 Å². The van der Waals surface area contributed by atoms with Crippen LogP contribution in [-0.2, 0) is 4.79 Å². The molecule has 1 amide bonds. The summed E-state index contributed by atoms with van der Waals surface area (Å²) in [6, 6.07) is 7.53. The monoisotopic (exact) mass is 519 g/mol. The Balaban J connectivity index is 1.03. The number of aromatic amines is 1. The maximum atomic E-state index is 13.9. The number of rotatable bonds is 6. The summed E-state index contributed by atoms with van der Waals surface area (Å²) in [5.74, 6) is -0.598. The van der Waals surface area contributed by atoms with Gasteiger partial charge in [0.05, 0.1) is 24.9 Å². The number of halogens is 2. The Bertz CT molecular complexity index is 1450. The highest BCUT2D eigenvalue weighted by Crippen LogP contribution is 2.35. The number of piperidine rings is 2. The number of likely N-dealkylation sites (tertiary alicyclic amines) is 2. The van der Waals surface area contributed by atoms with Crippen LogP contribution in [0.25, 0.3) is 21.9 Å². The van der Waals surface area contributed by atoms with E-state index in [1.165, 1.54) is 23.1 Å². The number of hydrogen-bond donors (Lipinski definition) is 1. The zero-order chi connectivity index (χ0) is 26.1. The average molecular weight is 520 g/mol. The molecule has 0 saturated carbocycles. The number of ether oxygens (including phenoxy) is 1. The second-order valence-corrected chi connectivity index (χ2v) is 10.4. The van der Waals surface area contributed by atoms with Gasteiger partial charge in [-0.1, -0.05) is 0 Å². The maximum absolute atomic E-state index is 13.9. The van der Waals surface area contributed by atoms with E-state index < -0.39 is 11.6 Å². The number of fused-ring (bicyclic) bond motifs is 3. The number of hydrogen-bond acceptors (Lipinski definition) is 5. The standard InChI is InChI=1S/C29H31F2N5O2/c30-21-3-4-26(24(31)14-21)38-18-19-2-1-11-36(16-19)27(37)17-35-12-7-20(8-13-35)22-5-9-32-25-15-34-29-23(28(22)25)6-10-33-29/h3-6,9-10,14-15,19-20,32H,1-2,7-8,11-13,16-18H2. The van der Waals surface area contributed by atoms with Crippen LogP contribution in [0.5, 0.6) is 5.75 Å². The number of H-pyrrole nitrogens is 1. The summed E-state index contributed by atoms with van der Waals surface area (Å²) < 4.78 is 32.6. The molecule has 198 valence electrons. The first-order valence-corrected chi connectivity index (χ1v) is 13.3. The molecule has 0 aliphatic carbocycles. The molecule has 1 unspecified atom stereocenters. The largest absolute Gasteiger partial charge is 0.490 e. The first-order chi connectivity index (χ1) is 18.5. The van der Waals surface area contributed by atoms with Crippen LogP contribution in [0, 0.1) is 17.6 Å². The van der Waals surface area contributed by atoms with Gasteiger partial charge in [-0.15, -0.1) is 0 Å². The smallest absolute Gasteiger partial charge is 0.236 e. The summed E-state index contributed by atoms with van der Waals surface area (Å²) in [5.41, 5.74) is 3.11. The predicted octanol–water partition coefficient (Wildman–Crippen LogP) is 4.89. The van der Waals surface area contributed by atoms with E-state index in [-0.39, 0.29) is 17.6 Å². The Morgan fingerprint density at radius 2 is 1.95 bits per heavy atom. The molecular weight excluding hydrogens is 488 g/mol. The van der Waals surface area contributed by atoms with Gasteiger partial charge in [0, 0.05) is 48.2 Å². The minimum absolute atomic E-state index is 0.0495. The molecule has 9 heteroatoms. The first-order valence-electron chi connectivity index (χ1n) is 13.3. The third-order valence-electron chi connectivity index (χ3n) is 7.95. The number of nitrogens with one attached hydrogen (secondary N) is 1. The Kier molecular flexibility index (Phi) is 6.93. The lowest BCUT2D eigenvalue weighted by Gasteiger charge is -2.36. The Hall–Kier alpha value is -3.59. The quantitative estimate of drug-likeness (QED) is 0.393. The SMILES string of the molecule is O=C(CN1CCC(c2cc[nH]c3cnc4nccc4c23)CC1)N1CCCC(COc2ccc(F)cc2F)C1. The lowest BCUT2D eigenvalue weighted by molar-refractivity contribution is -0.134. The summed E-state index contributed by atoms with van der Waals surface area (Å²) in [7, 11) is 0. The van der Waals surface area contributed by atoms with Gasteiger partial charge in [0.15, 0.2) is 17.2 Å². The fraction of sp³-hybridized carbons (Fsp3) is 0.414. The summed E-state index contributed by atoms with van der Waals surface area (Å²) in [4.78, 5) is 29.5. The van der Waals surface area contributed by atoms with E-state index in [4.69, 9.17) is 4.74 Å². The first kappa shape index (κ1) is 24.7. The molecule has 6 rings (SSSR count). The average Bonchev–Trinajstić information content (AvgIpc) is 3.42. The zero-order valence-corrected chi connectivity index (χ0v) is 21.2. The molecule has 2 saturated heterocycles. The second kappa shape index (κ2) is 10.6. The van der Waals surface area contributed by atoms with Crippen molar-refractivity contribution in [1.29, 1.82) is 0 Å². The van der Waals surface area contributed by atoms with Gasteiger partial charge in [-0.05, 0) is 74.5 Å². The van der Waals surface area contributed by atoms with Crippen LogP contribution < -0.4 is 4.74 Å². The van der Waals surface area contributed by atoms with E-state index >= 15 is 0 Å². The lowest BCUT2D eigenvalue weighted by atomic mass is 9.87. The fourth-order valence-corrected chi connectivity index (χ4v) is 5.95. The predicted molar refractivity (Wildman–Crippen MR) is 141 cm³/mol. The summed E-state index contributed by atoms with van der Waals surface area (Å²) in [5, 5.41) is 2.28. The lowest BCUT2D eigenvalue weighted by Crippen LogP contribution is -2.47. The molecule has 1 aromatic carbocycles. The highest BCUT2D eigenvalue weighted by molar-refractivity contribution is 6.05. The maximum Gasteiger partial charge on any atom is 0.236 e. The molecule has 4 aromatic rings. The summed E-state index contributed by atoms with van der Waals surface area (Å²) in [6.07, 6.45) is 9.44. The minimum Gasteiger partial charge on any atom is -0.490 e. The molecule has 1 N–H and O–H groups in total. The van der Waals surface area contributed by atoms with Crippen molar-refractivity contribution in [1.82, 2.24) is 24.8 Å². The van der Waals surface area contributed by atoms with Crippen LogP contribution in [0.3, 0.4) is 0 Å². The molecule has 1 atom stereocenters. The van der Waals surface area contributed by atoms with Gasteiger partial charge < -0.3 is 14.6 Å². The number of benzene rings is 1. The van der Waals surface area contributed by atoms with Crippen molar-refractivity contribution in [2.75, 3.05) is 39.3 Å². The van der Waals surface area contributed by atoms with E-state index in [2.05, 4.69) is 25.9 Å². The minimum atomic E-state index is -0.703. The number of aromatic nitrogens is 3. The summed E-state index contributed by atoms with van der Waals surface area (Å²) in [6.45, 7) is 3.80. The molecule has 0 radical (unpaired) electrons. The Labute approximate surface area is 219 Å². The van der Waals surface area contributed by atoms with E-state index in [0.29, 0.717) is 25.6 Å². The number of amides is 1. The van der Waals surface area contributed by atoms with E-state index in [9.17, 15) is 13.6 Å². The van der Waals surface area contributed by atoms with Crippen LogP contribution in [-0.4, -0.2) is 70.0 Å². The Morgan fingerprint density at radius 3 is 2.79 bits per heavy atom. The van der Waals surface area contributed by atoms with Gasteiger partial charge in [0.25, 0.3) is 0 Å². The zero-order valence-electron chi connectivity index (χ0n) is 21.2. The van der Waals surface area contributed by atoms with Crippen LogP contribution in [0.2, 0.25) is 0 Å². The Morgan fingerprint density at radius 1 is 1.08 bits per heavy atom. The highest BCUT2D eigenvalue weighted by Gasteiger charge is 2.28. The van der Waals surface area contributed by atoms with Crippen molar-refractivity contribution in [2.45, 2.75) is 31.6 Å². The molecule has 3 aromatic heterocycles. The molecule has 2 aliphatic heterocycles. The molecular formula is C29H31F2N5O2. The topological polar surface area (TPSA) is 74.4 Å². The molecule has 2 aliphatic rings. The van der Waals surface area contributed by atoms with Crippen molar-refractivity contribution >= 4 is 27.8 Å². The fourth-order valence-electron chi connectivity index (χ4n) is 5.95. The van der Waals surface area contributed by atoms with Crippen LogP contribution in [0.1, 0.15) is 37.2 Å². The van der Waals surface area contributed by atoms with Gasteiger partial charge in [0.2, 0.25) is 5.91 Å². The molecule has 7 nitrogen and oxygen atoms in total. The molecule has 0 bridgehead atoms. The van der Waals surface area contributed by atoms with E-state index in [0.717, 1.165) is 67.9 Å². The highest BCUT2D eigenvalue weighted by atomic mass is 19.1. The van der Waals surface area contributed by atoms with E-state index in [1.807, 2.05) is 23.4 Å². The van der Waals surface area contributed by atoms with Gasteiger partial charge >= 0.3 is 0 Å². The van der Waals surface area contributed by atoms with Crippen LogP contribution in [0.4, 0.5) is 8.78 Å². The van der Waals surface area contributed by atoms with Crippen molar-refractivity contribution < 1.29 is 18.3 Å². The van der Waals surface area contributed by atoms with Crippen molar-refractivity contribution in [3.8, 4) is 5.75 Å². The number of carbonyl (C=O) groups excluding carboxylic acids is 1. The third-order valence-corrected chi connectivity index (χ3v) is 7.95. The third kappa shape index (κ3) is 5.07. The van der Waals surface area contributed by atoms with Crippen molar-refractivity contribution in [2.24, 2.45) is 5.92 Å². The van der Waals surface area contributed by atoms with Crippen molar-refractivity contribution in [3.63, 3.8) is 0 Å². The summed E-state index contributed by atoms with van der Waals surface area (Å²) >= 11 is 0. The van der Waals surface area contributed by atoms with Gasteiger partial charge in [-0.25, -0.2) is 18.7 Å². The normalized spacial score (nSPS) is 19.3. The molecule has 5 heterocycles. The van der Waals surface area contributed by atoms with Crippen molar-refractivity contribution in [3.05, 3.63) is 66.1 Å². The molecule has 0 spiro atoms. The second-order valence-electron chi connectivity index (χ2n) is 10.4. The number of carbonyl (C=O) groups is 1. The van der Waals surface area contributed by atoms with Gasteiger partial charge in [-0.2, -0.15) is 0 Å². The molecule has 38 heavy (non-hydrogen) atoms. The van der Waals surface area contributed by atoms with Gasteiger partial charge in [-0.3, -0.25) is 9.69 Å².